The van der Waals surface area contributed by atoms with Gasteiger partial charge in [0.2, 0.25) is 11.8 Å². The third-order valence-corrected chi connectivity index (χ3v) is 11.5. The van der Waals surface area contributed by atoms with Gasteiger partial charge in [0.25, 0.3) is 10.0 Å². The van der Waals surface area contributed by atoms with Crippen molar-refractivity contribution < 1.29 is 22.7 Å². The van der Waals surface area contributed by atoms with Crippen molar-refractivity contribution in [1.29, 1.82) is 0 Å². The Morgan fingerprint density at radius 3 is 2.19 bits per heavy atom. The number of benzene rings is 4. The summed E-state index contributed by atoms with van der Waals surface area (Å²) in [6.07, 6.45) is 4.13. The maximum Gasteiger partial charge on any atom is 0.264 e. The molecule has 4 aromatic carbocycles. The number of amides is 2. The van der Waals surface area contributed by atoms with Gasteiger partial charge in [0.15, 0.2) is 0 Å². The molecule has 48 heavy (non-hydrogen) atoms. The lowest BCUT2D eigenvalue weighted by Gasteiger charge is -2.34. The van der Waals surface area contributed by atoms with Gasteiger partial charge in [-0.2, -0.15) is 0 Å². The van der Waals surface area contributed by atoms with Gasteiger partial charge in [-0.3, -0.25) is 13.9 Å². The Morgan fingerprint density at radius 2 is 1.56 bits per heavy atom. The molecule has 0 aliphatic heterocycles. The van der Waals surface area contributed by atoms with Crippen LogP contribution < -0.4 is 14.4 Å². The number of rotatable bonds is 13. The van der Waals surface area contributed by atoms with E-state index < -0.39 is 28.5 Å². The molecule has 0 aromatic heterocycles. The number of carbonyl (C=O) groups excluding carboxylic acids is 2. The van der Waals surface area contributed by atoms with Gasteiger partial charge in [-0.15, -0.1) is 0 Å². The van der Waals surface area contributed by atoms with Crippen LogP contribution in [0.2, 0.25) is 0 Å². The molecule has 0 radical (unpaired) electrons. The maximum absolute atomic E-state index is 14.7. The molecule has 1 unspecified atom stereocenters. The van der Waals surface area contributed by atoms with E-state index in [1.807, 2.05) is 61.5 Å². The molecule has 0 spiro atoms. The fourth-order valence-corrected chi connectivity index (χ4v) is 8.28. The molecule has 5 rings (SSSR count). The highest BCUT2D eigenvalue weighted by molar-refractivity contribution is 9.10. The number of methoxy groups -OCH3 is 1. The van der Waals surface area contributed by atoms with Crippen molar-refractivity contribution in [2.45, 2.75) is 62.6 Å². The van der Waals surface area contributed by atoms with Gasteiger partial charge in [-0.1, -0.05) is 88.9 Å². The lowest BCUT2D eigenvalue weighted by molar-refractivity contribution is -0.140. The third kappa shape index (κ3) is 8.86. The summed E-state index contributed by atoms with van der Waals surface area (Å²) >= 11 is 6.88. The Balaban J connectivity index is 1.57. The Bertz CT molecular complexity index is 1810. The van der Waals surface area contributed by atoms with Crippen LogP contribution in [0.3, 0.4) is 0 Å². The number of carbonyl (C=O) groups is 2. The van der Waals surface area contributed by atoms with E-state index in [4.69, 9.17) is 4.74 Å². The number of sulfonamides is 1. The Kier molecular flexibility index (Phi) is 12.0. The second kappa shape index (κ2) is 16.2. The third-order valence-electron chi connectivity index (χ3n) is 8.55. The number of aryl methyl sites for hydroxylation is 1. The molecule has 252 valence electrons. The molecule has 0 saturated heterocycles. The van der Waals surface area contributed by atoms with Gasteiger partial charge in [-0.25, -0.2) is 8.42 Å². The lowest BCUT2D eigenvalue weighted by Crippen LogP contribution is -2.54. The zero-order chi connectivity index (χ0) is 34.3. The fourth-order valence-electron chi connectivity index (χ4n) is 5.88. The average molecular weight is 798 g/mol. The van der Waals surface area contributed by atoms with Gasteiger partial charge in [0, 0.05) is 23.5 Å². The number of hydrogen-bond donors (Lipinski definition) is 1. The largest absolute Gasteiger partial charge is 0.496 e. The van der Waals surface area contributed by atoms with Gasteiger partial charge in [0.05, 0.1) is 22.2 Å². The summed E-state index contributed by atoms with van der Waals surface area (Å²) in [4.78, 5) is 30.3. The zero-order valence-corrected chi connectivity index (χ0v) is 30.9. The van der Waals surface area contributed by atoms with Crippen molar-refractivity contribution in [3.05, 3.63) is 123 Å². The normalized spacial score (nSPS) is 13.9. The summed E-state index contributed by atoms with van der Waals surface area (Å²) in [6.45, 7) is 1.50. The fraction of sp³-hybridized carbons (Fsp3) is 0.297. The molecule has 1 fully saturated rings. The molecule has 4 aromatic rings. The van der Waals surface area contributed by atoms with Crippen LogP contribution in [0, 0.1) is 6.92 Å². The van der Waals surface area contributed by atoms with Crippen LogP contribution >= 0.6 is 31.9 Å². The van der Waals surface area contributed by atoms with Crippen molar-refractivity contribution in [3.63, 3.8) is 0 Å². The number of nitrogens with zero attached hydrogens (tertiary/aromatic N) is 2. The second-order valence-electron chi connectivity index (χ2n) is 12.0. The molecular weight excluding hydrogens is 758 g/mol. The molecule has 1 aliphatic rings. The first-order valence-electron chi connectivity index (χ1n) is 15.9. The van der Waals surface area contributed by atoms with Crippen LogP contribution in [0.5, 0.6) is 5.75 Å². The molecule has 0 heterocycles. The molecule has 1 atom stereocenters. The van der Waals surface area contributed by atoms with E-state index in [1.165, 1.54) is 24.1 Å². The van der Waals surface area contributed by atoms with Crippen LogP contribution in [-0.4, -0.2) is 50.9 Å². The summed E-state index contributed by atoms with van der Waals surface area (Å²) in [6, 6.07) is 27.7. The van der Waals surface area contributed by atoms with E-state index in [-0.39, 0.29) is 29.8 Å². The molecule has 0 bridgehead atoms. The topological polar surface area (TPSA) is 96.0 Å². The Morgan fingerprint density at radius 1 is 0.896 bits per heavy atom. The Hall–Kier alpha value is -3.67. The minimum Gasteiger partial charge on any atom is -0.496 e. The molecule has 11 heteroatoms. The standard InChI is InChI=1S/C37H39Br2N3O5S/c1-26-12-18-31(19-13-26)42(48(45,46)32-20-21-35(47-2)33(39)23-32)25-36(43)41(24-28-14-16-29(38)17-15-28)34(22-27-8-4-3-5-9-27)37(44)40-30-10-6-7-11-30/h3-5,8-9,12-21,23,30,34H,6-7,10-11,22,24-25H2,1-2H3,(H,40,44). The van der Waals surface area contributed by atoms with Crippen molar-refractivity contribution >= 4 is 59.4 Å². The van der Waals surface area contributed by atoms with Crippen molar-refractivity contribution in [2.24, 2.45) is 0 Å². The monoisotopic (exact) mass is 795 g/mol. The van der Waals surface area contributed by atoms with Crippen LogP contribution in [0.25, 0.3) is 0 Å². The first kappa shape index (κ1) is 35.6. The number of anilines is 1. The molecule has 1 N–H and O–H groups in total. The van der Waals surface area contributed by atoms with E-state index in [0.717, 1.165) is 51.2 Å². The van der Waals surface area contributed by atoms with Gasteiger partial charge in [0.1, 0.15) is 18.3 Å². The van der Waals surface area contributed by atoms with E-state index in [1.54, 1.807) is 30.3 Å². The van der Waals surface area contributed by atoms with Crippen molar-refractivity contribution in [2.75, 3.05) is 18.0 Å². The zero-order valence-electron chi connectivity index (χ0n) is 26.9. The molecule has 1 aliphatic carbocycles. The predicted molar refractivity (Wildman–Crippen MR) is 195 cm³/mol. The SMILES string of the molecule is COc1ccc(S(=O)(=O)N(CC(=O)N(Cc2ccc(Br)cc2)C(Cc2ccccc2)C(=O)NC2CCCC2)c2ccc(C)cc2)cc1Br. The van der Waals surface area contributed by atoms with Crippen LogP contribution in [0.15, 0.2) is 111 Å². The minimum absolute atomic E-state index is 0.0113. The highest BCUT2D eigenvalue weighted by atomic mass is 79.9. The predicted octanol–water partition coefficient (Wildman–Crippen LogP) is 7.42. The van der Waals surface area contributed by atoms with E-state index in [2.05, 4.69) is 37.2 Å². The first-order chi connectivity index (χ1) is 23.0. The summed E-state index contributed by atoms with van der Waals surface area (Å²) in [5.74, 6) is -0.276. The molecular formula is C37H39Br2N3O5S. The van der Waals surface area contributed by atoms with Gasteiger partial charge >= 0.3 is 0 Å². The highest BCUT2D eigenvalue weighted by Gasteiger charge is 2.35. The van der Waals surface area contributed by atoms with E-state index in [9.17, 15) is 18.0 Å². The molecule has 2 amide bonds. The second-order valence-corrected chi connectivity index (χ2v) is 15.6. The lowest BCUT2D eigenvalue weighted by atomic mass is 10.0. The summed E-state index contributed by atoms with van der Waals surface area (Å²) in [5.41, 5.74) is 2.98. The van der Waals surface area contributed by atoms with Crippen LogP contribution in [-0.2, 0) is 32.6 Å². The number of halogens is 2. The first-order valence-corrected chi connectivity index (χ1v) is 18.9. The molecule has 8 nitrogen and oxygen atoms in total. The number of hydrogen-bond acceptors (Lipinski definition) is 5. The minimum atomic E-state index is -4.25. The summed E-state index contributed by atoms with van der Waals surface area (Å²) in [7, 11) is -2.75. The average Bonchev–Trinajstić information content (AvgIpc) is 3.60. The number of ether oxygens (including phenoxy) is 1. The maximum atomic E-state index is 14.7. The van der Waals surface area contributed by atoms with Gasteiger partial charge in [-0.05, 0) is 89.3 Å². The van der Waals surface area contributed by atoms with Crippen molar-refractivity contribution in [3.8, 4) is 5.75 Å². The number of nitrogens with one attached hydrogen (secondary N) is 1. The summed E-state index contributed by atoms with van der Waals surface area (Å²) < 4.78 is 36.5. The smallest absolute Gasteiger partial charge is 0.264 e. The Labute approximate surface area is 299 Å². The van der Waals surface area contributed by atoms with E-state index >= 15 is 0 Å². The van der Waals surface area contributed by atoms with Crippen molar-refractivity contribution in [1.82, 2.24) is 10.2 Å². The highest BCUT2D eigenvalue weighted by Crippen LogP contribution is 2.31. The molecule has 1 saturated carbocycles. The van der Waals surface area contributed by atoms with E-state index in [0.29, 0.717) is 15.9 Å². The quantitative estimate of drug-likeness (QED) is 0.152. The van der Waals surface area contributed by atoms with Crippen LogP contribution in [0.1, 0.15) is 42.4 Å². The van der Waals surface area contributed by atoms with Gasteiger partial charge < -0.3 is 15.0 Å². The summed E-state index contributed by atoms with van der Waals surface area (Å²) in [5, 5.41) is 3.20. The van der Waals surface area contributed by atoms with Crippen LogP contribution in [0.4, 0.5) is 5.69 Å².